The Morgan fingerprint density at radius 1 is 1.20 bits per heavy atom. The highest BCUT2D eigenvalue weighted by molar-refractivity contribution is 7.13. The summed E-state index contributed by atoms with van der Waals surface area (Å²) in [7, 11) is 0. The Morgan fingerprint density at radius 3 is 2.72 bits per heavy atom. The molecule has 4 rings (SSSR count). The predicted molar refractivity (Wildman–Crippen MR) is 103 cm³/mol. The number of nitrogens with zero attached hydrogens (tertiary/aromatic N) is 2. The van der Waals surface area contributed by atoms with E-state index in [0.717, 1.165) is 10.6 Å². The van der Waals surface area contributed by atoms with Crippen molar-refractivity contribution in [2.24, 2.45) is 0 Å². The van der Waals surface area contributed by atoms with Crippen molar-refractivity contribution in [2.45, 2.75) is 44.7 Å². The SMILES string of the molecule is O=C(Cc1cccs1)NCc1cc(-c2cccs2)n(C2CCCC2)n1. The summed E-state index contributed by atoms with van der Waals surface area (Å²) in [6.45, 7) is 0.488. The minimum absolute atomic E-state index is 0.0514. The molecule has 1 aliphatic carbocycles. The van der Waals surface area contributed by atoms with Gasteiger partial charge in [0.2, 0.25) is 5.91 Å². The van der Waals surface area contributed by atoms with E-state index in [-0.39, 0.29) is 5.91 Å². The van der Waals surface area contributed by atoms with Gasteiger partial charge < -0.3 is 5.32 Å². The van der Waals surface area contributed by atoms with Gasteiger partial charge in [0, 0.05) is 4.88 Å². The van der Waals surface area contributed by atoms with Crippen LogP contribution in [0.2, 0.25) is 0 Å². The molecule has 0 bridgehead atoms. The lowest BCUT2D eigenvalue weighted by Crippen LogP contribution is -2.24. The maximum Gasteiger partial charge on any atom is 0.225 e. The molecule has 0 spiro atoms. The zero-order chi connectivity index (χ0) is 17.1. The first-order valence-corrected chi connectivity index (χ1v) is 10.5. The first-order chi connectivity index (χ1) is 12.3. The van der Waals surface area contributed by atoms with E-state index in [1.165, 1.54) is 36.3 Å². The van der Waals surface area contributed by atoms with Gasteiger partial charge in [-0.15, -0.1) is 22.7 Å². The Morgan fingerprint density at radius 2 is 2.00 bits per heavy atom. The molecule has 3 heterocycles. The van der Waals surface area contributed by atoms with Crippen LogP contribution in [-0.2, 0) is 17.8 Å². The Bertz CT molecular complexity index is 815. The summed E-state index contributed by atoms with van der Waals surface area (Å²) in [5.41, 5.74) is 2.12. The second kappa shape index (κ2) is 7.54. The van der Waals surface area contributed by atoms with Crippen molar-refractivity contribution < 1.29 is 4.79 Å². The van der Waals surface area contributed by atoms with Crippen LogP contribution in [0.25, 0.3) is 10.6 Å². The van der Waals surface area contributed by atoms with Gasteiger partial charge in [0.1, 0.15) is 0 Å². The van der Waals surface area contributed by atoms with Gasteiger partial charge in [0.15, 0.2) is 0 Å². The number of amides is 1. The zero-order valence-electron chi connectivity index (χ0n) is 14.0. The maximum atomic E-state index is 12.1. The van der Waals surface area contributed by atoms with Crippen LogP contribution in [0.4, 0.5) is 0 Å². The van der Waals surface area contributed by atoms with Gasteiger partial charge in [-0.1, -0.05) is 25.0 Å². The molecule has 0 aromatic carbocycles. The normalized spacial score (nSPS) is 14.9. The smallest absolute Gasteiger partial charge is 0.225 e. The van der Waals surface area contributed by atoms with Gasteiger partial charge in [0.25, 0.3) is 0 Å². The Kier molecular flexibility index (Phi) is 4.99. The first kappa shape index (κ1) is 16.5. The van der Waals surface area contributed by atoms with Crippen molar-refractivity contribution in [3.63, 3.8) is 0 Å². The summed E-state index contributed by atoms with van der Waals surface area (Å²) < 4.78 is 2.19. The number of hydrogen-bond acceptors (Lipinski definition) is 4. The molecule has 1 N–H and O–H groups in total. The monoisotopic (exact) mass is 371 g/mol. The summed E-state index contributed by atoms with van der Waals surface area (Å²) in [5.74, 6) is 0.0514. The van der Waals surface area contributed by atoms with Crippen LogP contribution in [0.1, 0.15) is 42.3 Å². The Balaban J connectivity index is 1.48. The van der Waals surface area contributed by atoms with Crippen LogP contribution >= 0.6 is 22.7 Å². The van der Waals surface area contributed by atoms with E-state index in [1.807, 2.05) is 17.5 Å². The van der Waals surface area contributed by atoms with Crippen molar-refractivity contribution >= 4 is 28.6 Å². The third kappa shape index (κ3) is 3.85. The van der Waals surface area contributed by atoms with Gasteiger partial charge in [-0.2, -0.15) is 5.10 Å². The van der Waals surface area contributed by atoms with E-state index in [1.54, 1.807) is 22.7 Å². The third-order valence-corrected chi connectivity index (χ3v) is 6.38. The van der Waals surface area contributed by atoms with Crippen LogP contribution < -0.4 is 5.32 Å². The molecule has 4 nitrogen and oxygen atoms in total. The number of carbonyl (C=O) groups is 1. The maximum absolute atomic E-state index is 12.1. The van der Waals surface area contributed by atoms with Crippen molar-refractivity contribution in [1.82, 2.24) is 15.1 Å². The molecule has 0 atom stereocenters. The number of rotatable bonds is 6. The summed E-state index contributed by atoms with van der Waals surface area (Å²) in [6, 6.07) is 10.8. The van der Waals surface area contributed by atoms with Crippen molar-refractivity contribution in [3.8, 4) is 10.6 Å². The Labute approximate surface area is 155 Å². The number of nitrogens with one attached hydrogen (secondary N) is 1. The summed E-state index contributed by atoms with van der Waals surface area (Å²) in [6.07, 6.45) is 5.40. The average molecular weight is 372 g/mol. The molecule has 1 aliphatic rings. The van der Waals surface area contributed by atoms with Gasteiger partial charge in [-0.05, 0) is 41.8 Å². The molecule has 130 valence electrons. The highest BCUT2D eigenvalue weighted by Gasteiger charge is 2.22. The molecule has 0 saturated heterocycles. The fourth-order valence-electron chi connectivity index (χ4n) is 3.39. The Hall–Kier alpha value is -1.92. The van der Waals surface area contributed by atoms with Crippen LogP contribution in [0.15, 0.2) is 41.1 Å². The van der Waals surface area contributed by atoms with Crippen LogP contribution in [-0.4, -0.2) is 15.7 Å². The fraction of sp³-hybridized carbons (Fsp3) is 0.368. The van der Waals surface area contributed by atoms with E-state index in [9.17, 15) is 4.79 Å². The molecule has 1 amide bonds. The molecule has 3 aromatic rings. The van der Waals surface area contributed by atoms with Crippen LogP contribution in [0.3, 0.4) is 0 Å². The minimum atomic E-state index is 0.0514. The molecule has 1 fully saturated rings. The molecular formula is C19H21N3OS2. The molecule has 6 heteroatoms. The first-order valence-electron chi connectivity index (χ1n) is 8.71. The van der Waals surface area contributed by atoms with Crippen LogP contribution in [0.5, 0.6) is 0 Å². The van der Waals surface area contributed by atoms with E-state index >= 15 is 0 Å². The lowest BCUT2D eigenvalue weighted by molar-refractivity contribution is -0.120. The summed E-state index contributed by atoms with van der Waals surface area (Å²) in [5, 5.41) is 11.9. The second-order valence-electron chi connectivity index (χ2n) is 6.41. The summed E-state index contributed by atoms with van der Waals surface area (Å²) >= 11 is 3.36. The number of aromatic nitrogens is 2. The predicted octanol–water partition coefficient (Wildman–Crippen LogP) is 4.65. The van der Waals surface area contributed by atoms with Crippen molar-refractivity contribution in [2.75, 3.05) is 0 Å². The molecule has 0 unspecified atom stereocenters. The van der Waals surface area contributed by atoms with E-state index < -0.39 is 0 Å². The van der Waals surface area contributed by atoms with Gasteiger partial charge in [-0.3, -0.25) is 9.48 Å². The zero-order valence-corrected chi connectivity index (χ0v) is 15.6. The van der Waals surface area contributed by atoms with Gasteiger partial charge in [-0.25, -0.2) is 0 Å². The summed E-state index contributed by atoms with van der Waals surface area (Å²) in [4.78, 5) is 14.5. The fourth-order valence-corrected chi connectivity index (χ4v) is 4.83. The molecule has 25 heavy (non-hydrogen) atoms. The molecular weight excluding hydrogens is 350 g/mol. The highest BCUT2D eigenvalue weighted by Crippen LogP contribution is 2.35. The van der Waals surface area contributed by atoms with E-state index in [0.29, 0.717) is 19.0 Å². The minimum Gasteiger partial charge on any atom is -0.350 e. The third-order valence-electron chi connectivity index (χ3n) is 4.61. The van der Waals surface area contributed by atoms with Gasteiger partial charge in [0.05, 0.1) is 35.3 Å². The number of hydrogen-bond donors (Lipinski definition) is 1. The molecule has 0 radical (unpaired) electrons. The standard InChI is InChI=1S/C19H21N3OS2/c23-19(12-16-7-3-9-24-16)20-13-14-11-17(18-8-4-10-25-18)22(21-14)15-5-1-2-6-15/h3-4,7-11,15H,1-2,5-6,12-13H2,(H,20,23). The lowest BCUT2D eigenvalue weighted by Gasteiger charge is -2.13. The van der Waals surface area contributed by atoms with Crippen LogP contribution in [0, 0.1) is 0 Å². The molecule has 1 saturated carbocycles. The highest BCUT2D eigenvalue weighted by atomic mass is 32.1. The molecule has 3 aromatic heterocycles. The second-order valence-corrected chi connectivity index (χ2v) is 8.39. The topological polar surface area (TPSA) is 46.9 Å². The number of carbonyl (C=O) groups excluding carboxylic acids is 1. The van der Waals surface area contributed by atoms with Gasteiger partial charge >= 0.3 is 0 Å². The van der Waals surface area contributed by atoms with E-state index in [2.05, 4.69) is 33.6 Å². The van der Waals surface area contributed by atoms with Crippen molar-refractivity contribution in [1.29, 1.82) is 0 Å². The molecule has 0 aliphatic heterocycles. The largest absolute Gasteiger partial charge is 0.350 e. The average Bonchev–Trinajstić information content (AvgIpc) is 3.40. The van der Waals surface area contributed by atoms with E-state index in [4.69, 9.17) is 5.10 Å². The lowest BCUT2D eigenvalue weighted by atomic mass is 10.2. The van der Waals surface area contributed by atoms with Crippen molar-refractivity contribution in [3.05, 3.63) is 51.7 Å². The quantitative estimate of drug-likeness (QED) is 0.686. The number of thiophene rings is 2.